The molecule has 0 aliphatic heterocycles. The van der Waals surface area contributed by atoms with E-state index >= 15 is 0 Å². The second kappa shape index (κ2) is 6.17. The van der Waals surface area contributed by atoms with Crippen LogP contribution in [0.2, 0.25) is 0 Å². The van der Waals surface area contributed by atoms with Crippen molar-refractivity contribution in [2.75, 3.05) is 13.7 Å². The molecule has 4 nitrogen and oxygen atoms in total. The molecule has 0 aromatic heterocycles. The van der Waals surface area contributed by atoms with E-state index < -0.39 is 40.7 Å². The van der Waals surface area contributed by atoms with E-state index in [0.29, 0.717) is 0 Å². The third-order valence-corrected chi connectivity index (χ3v) is 2.19. The predicted molar refractivity (Wildman–Crippen MR) is 55.2 cm³/mol. The van der Waals surface area contributed by atoms with Gasteiger partial charge >= 0.3 is 5.97 Å². The number of benzene rings is 1. The highest BCUT2D eigenvalue weighted by Crippen LogP contribution is 2.18. The number of amides is 1. The Bertz CT molecular complexity index is 519. The minimum absolute atomic E-state index is 0.198. The standard InChI is InChI=1S/C11H9F4NO3/c1-19-7(17)2-3-16-11(18)5-4-6(12)9(14)10(15)8(5)13/h4H,2-3H2,1H3,(H,16,18). The highest BCUT2D eigenvalue weighted by atomic mass is 19.2. The molecule has 0 aliphatic rings. The molecule has 0 heterocycles. The van der Waals surface area contributed by atoms with Gasteiger partial charge in [-0.3, -0.25) is 9.59 Å². The molecular formula is C11H9F4NO3. The number of methoxy groups -OCH3 is 1. The molecule has 0 radical (unpaired) electrons. The molecule has 1 rings (SSSR count). The Morgan fingerprint density at radius 1 is 1.16 bits per heavy atom. The fraction of sp³-hybridized carbons (Fsp3) is 0.273. The van der Waals surface area contributed by atoms with Crippen LogP contribution in [0.3, 0.4) is 0 Å². The Kier molecular flexibility index (Phi) is 4.85. The van der Waals surface area contributed by atoms with Crippen LogP contribution in [0.1, 0.15) is 16.8 Å². The molecule has 0 spiro atoms. The molecule has 19 heavy (non-hydrogen) atoms. The van der Waals surface area contributed by atoms with Crippen molar-refractivity contribution in [3.8, 4) is 0 Å². The number of rotatable bonds is 4. The van der Waals surface area contributed by atoms with Gasteiger partial charge in [0.25, 0.3) is 5.91 Å². The summed E-state index contributed by atoms with van der Waals surface area (Å²) < 4.78 is 55.9. The van der Waals surface area contributed by atoms with Gasteiger partial charge in [0.2, 0.25) is 0 Å². The molecule has 0 saturated carbocycles. The van der Waals surface area contributed by atoms with Crippen LogP contribution in [0.25, 0.3) is 0 Å². The monoisotopic (exact) mass is 279 g/mol. The van der Waals surface area contributed by atoms with Gasteiger partial charge in [-0.25, -0.2) is 17.6 Å². The summed E-state index contributed by atoms with van der Waals surface area (Å²) in [5, 5.41) is 2.04. The van der Waals surface area contributed by atoms with Crippen LogP contribution >= 0.6 is 0 Å². The lowest BCUT2D eigenvalue weighted by atomic mass is 10.1. The number of hydrogen-bond acceptors (Lipinski definition) is 3. The zero-order valence-corrected chi connectivity index (χ0v) is 9.73. The molecule has 1 amide bonds. The molecule has 104 valence electrons. The molecule has 1 N–H and O–H groups in total. The first-order valence-electron chi connectivity index (χ1n) is 5.06. The maximum atomic E-state index is 13.2. The Labute approximate surface area is 105 Å². The van der Waals surface area contributed by atoms with Gasteiger partial charge < -0.3 is 10.1 Å². The maximum Gasteiger partial charge on any atom is 0.307 e. The van der Waals surface area contributed by atoms with Gasteiger partial charge in [-0.15, -0.1) is 0 Å². The van der Waals surface area contributed by atoms with Gasteiger partial charge in [0, 0.05) is 6.54 Å². The number of halogens is 4. The molecule has 0 aliphatic carbocycles. The first-order chi connectivity index (χ1) is 8.88. The van der Waals surface area contributed by atoms with Crippen LogP contribution < -0.4 is 5.32 Å². The summed E-state index contributed by atoms with van der Waals surface area (Å²) in [6.45, 7) is -0.217. The minimum atomic E-state index is -2.07. The van der Waals surface area contributed by atoms with E-state index in [2.05, 4.69) is 4.74 Å². The minimum Gasteiger partial charge on any atom is -0.469 e. The lowest BCUT2D eigenvalue weighted by Crippen LogP contribution is -2.27. The lowest BCUT2D eigenvalue weighted by Gasteiger charge is -2.07. The molecule has 0 unspecified atom stereocenters. The Hall–Kier alpha value is -2.12. The third-order valence-electron chi connectivity index (χ3n) is 2.19. The largest absolute Gasteiger partial charge is 0.469 e. The summed E-state index contributed by atoms with van der Waals surface area (Å²) >= 11 is 0. The van der Waals surface area contributed by atoms with E-state index in [0.717, 1.165) is 7.11 Å². The van der Waals surface area contributed by atoms with Gasteiger partial charge in [0.1, 0.15) is 0 Å². The second-order valence-corrected chi connectivity index (χ2v) is 3.43. The fourth-order valence-electron chi connectivity index (χ4n) is 1.21. The van der Waals surface area contributed by atoms with Crippen molar-refractivity contribution in [2.24, 2.45) is 0 Å². The second-order valence-electron chi connectivity index (χ2n) is 3.43. The van der Waals surface area contributed by atoms with E-state index in [4.69, 9.17) is 0 Å². The van der Waals surface area contributed by atoms with E-state index in [1.54, 1.807) is 0 Å². The van der Waals surface area contributed by atoms with Gasteiger partial charge in [-0.05, 0) is 6.07 Å². The molecular weight excluding hydrogens is 270 g/mol. The van der Waals surface area contributed by atoms with Crippen LogP contribution in [-0.4, -0.2) is 25.5 Å². The van der Waals surface area contributed by atoms with Crippen LogP contribution in [-0.2, 0) is 9.53 Å². The predicted octanol–water partition coefficient (Wildman–Crippen LogP) is 1.54. The lowest BCUT2D eigenvalue weighted by molar-refractivity contribution is -0.140. The first kappa shape index (κ1) is 14.9. The molecule has 1 aromatic rings. The summed E-state index contributed by atoms with van der Waals surface area (Å²) in [5.41, 5.74) is -0.985. The number of nitrogens with one attached hydrogen (secondary N) is 1. The fourth-order valence-corrected chi connectivity index (χ4v) is 1.21. The Morgan fingerprint density at radius 2 is 1.79 bits per heavy atom. The smallest absolute Gasteiger partial charge is 0.307 e. The van der Waals surface area contributed by atoms with Crippen molar-refractivity contribution >= 4 is 11.9 Å². The summed E-state index contributed by atoms with van der Waals surface area (Å²) in [4.78, 5) is 22.1. The number of esters is 1. The van der Waals surface area contributed by atoms with Crippen LogP contribution in [0.5, 0.6) is 0 Å². The van der Waals surface area contributed by atoms with Crippen molar-refractivity contribution in [3.05, 3.63) is 34.9 Å². The van der Waals surface area contributed by atoms with Gasteiger partial charge in [0.05, 0.1) is 19.1 Å². The number of hydrogen-bond donors (Lipinski definition) is 1. The molecule has 0 saturated heterocycles. The van der Waals surface area contributed by atoms with Gasteiger partial charge in [0.15, 0.2) is 23.3 Å². The zero-order chi connectivity index (χ0) is 14.6. The van der Waals surface area contributed by atoms with E-state index in [9.17, 15) is 27.2 Å². The average molecular weight is 279 g/mol. The summed E-state index contributed by atoms with van der Waals surface area (Å²) in [6, 6.07) is 0.237. The highest BCUT2D eigenvalue weighted by Gasteiger charge is 2.22. The summed E-state index contributed by atoms with van der Waals surface area (Å²) in [7, 11) is 1.13. The molecule has 0 fully saturated rings. The van der Waals surface area contributed by atoms with Gasteiger partial charge in [-0.2, -0.15) is 0 Å². The molecule has 0 bridgehead atoms. The first-order valence-corrected chi connectivity index (χ1v) is 5.06. The van der Waals surface area contributed by atoms with Crippen LogP contribution in [0.15, 0.2) is 6.07 Å². The van der Waals surface area contributed by atoms with E-state index in [1.165, 1.54) is 0 Å². The number of ether oxygens (including phenoxy) is 1. The maximum absolute atomic E-state index is 13.2. The van der Waals surface area contributed by atoms with E-state index in [1.807, 2.05) is 5.32 Å². The van der Waals surface area contributed by atoms with E-state index in [-0.39, 0.29) is 19.0 Å². The highest BCUT2D eigenvalue weighted by molar-refractivity contribution is 5.94. The van der Waals surface area contributed by atoms with Crippen molar-refractivity contribution in [2.45, 2.75) is 6.42 Å². The van der Waals surface area contributed by atoms with Crippen molar-refractivity contribution < 1.29 is 31.9 Å². The summed E-state index contributed by atoms with van der Waals surface area (Å²) in [6.07, 6.45) is -0.198. The van der Waals surface area contributed by atoms with Crippen LogP contribution in [0.4, 0.5) is 17.6 Å². The molecule has 0 atom stereocenters. The number of carbonyl (C=O) groups is 2. The molecule has 1 aromatic carbocycles. The van der Waals surface area contributed by atoms with Crippen molar-refractivity contribution in [1.29, 1.82) is 0 Å². The topological polar surface area (TPSA) is 55.4 Å². The Morgan fingerprint density at radius 3 is 2.37 bits per heavy atom. The summed E-state index contributed by atoms with van der Waals surface area (Å²) in [5.74, 6) is -9.34. The normalized spacial score (nSPS) is 10.2. The van der Waals surface area contributed by atoms with Gasteiger partial charge in [-0.1, -0.05) is 0 Å². The zero-order valence-electron chi connectivity index (χ0n) is 9.73. The van der Waals surface area contributed by atoms with Crippen molar-refractivity contribution in [3.63, 3.8) is 0 Å². The molecule has 8 heteroatoms. The average Bonchev–Trinajstić information content (AvgIpc) is 2.39. The quantitative estimate of drug-likeness (QED) is 0.393. The number of carbonyl (C=O) groups excluding carboxylic acids is 2. The third kappa shape index (κ3) is 3.43. The van der Waals surface area contributed by atoms with Crippen molar-refractivity contribution in [1.82, 2.24) is 5.32 Å². The Balaban J connectivity index is 2.81. The SMILES string of the molecule is COC(=O)CCNC(=O)c1cc(F)c(F)c(F)c1F. The van der Waals surface area contributed by atoms with Crippen LogP contribution in [0, 0.1) is 23.3 Å².